The molecule has 0 unspecified atom stereocenters. The molecule has 0 spiro atoms. The maximum Gasteiger partial charge on any atom is 0.253 e. The zero-order chi connectivity index (χ0) is 20.8. The lowest BCUT2D eigenvalue weighted by atomic mass is 9.87. The Morgan fingerprint density at radius 3 is 2.41 bits per heavy atom. The lowest BCUT2D eigenvalue weighted by Crippen LogP contribution is -2.35. The van der Waals surface area contributed by atoms with E-state index in [0.717, 1.165) is 19.3 Å². The van der Waals surface area contributed by atoms with Crippen LogP contribution in [0, 0.1) is 0 Å². The van der Waals surface area contributed by atoms with Crippen molar-refractivity contribution in [1.82, 2.24) is 9.80 Å². The normalized spacial score (nSPS) is 15.7. The van der Waals surface area contributed by atoms with Crippen LogP contribution in [0.5, 0.6) is 0 Å². The fraction of sp³-hybridized carbons (Fsp3) is 0.417. The van der Waals surface area contributed by atoms with Crippen molar-refractivity contribution in [2.24, 2.45) is 0 Å². The molecule has 0 radical (unpaired) electrons. The Kier molecular flexibility index (Phi) is 7.04. The van der Waals surface area contributed by atoms with E-state index in [2.05, 4.69) is 34.5 Å². The zero-order valence-electron chi connectivity index (χ0n) is 17.6. The van der Waals surface area contributed by atoms with Crippen LogP contribution in [-0.2, 0) is 11.2 Å². The number of fused-ring (bicyclic) bond motifs is 1. The summed E-state index contributed by atoms with van der Waals surface area (Å²) in [5, 5.41) is 2.95. The minimum Gasteiger partial charge on any atom is -0.339 e. The van der Waals surface area contributed by atoms with Crippen molar-refractivity contribution in [1.29, 1.82) is 0 Å². The summed E-state index contributed by atoms with van der Waals surface area (Å²) in [6.45, 7) is 5.64. The minimum absolute atomic E-state index is 0.0172. The Balaban J connectivity index is 1.59. The number of hydrogen-bond donors (Lipinski definition) is 1. The summed E-state index contributed by atoms with van der Waals surface area (Å²) in [5.41, 5.74) is 4.09. The lowest BCUT2D eigenvalue weighted by molar-refractivity contribution is -0.117. The smallest absolute Gasteiger partial charge is 0.253 e. The van der Waals surface area contributed by atoms with Crippen molar-refractivity contribution >= 4 is 17.5 Å². The second-order valence-corrected chi connectivity index (χ2v) is 7.62. The Hall–Kier alpha value is -2.66. The number of benzene rings is 2. The number of nitrogens with one attached hydrogen (secondary N) is 1. The van der Waals surface area contributed by atoms with Gasteiger partial charge in [0.15, 0.2) is 0 Å². The van der Waals surface area contributed by atoms with Crippen molar-refractivity contribution in [3.8, 4) is 0 Å². The highest BCUT2D eigenvalue weighted by Gasteiger charge is 2.24. The van der Waals surface area contributed by atoms with Gasteiger partial charge in [-0.15, -0.1) is 0 Å². The number of amides is 2. The first-order valence-corrected chi connectivity index (χ1v) is 10.5. The highest BCUT2D eigenvalue weighted by molar-refractivity contribution is 5.96. The Labute approximate surface area is 173 Å². The van der Waals surface area contributed by atoms with Gasteiger partial charge in [0.2, 0.25) is 5.91 Å². The molecule has 2 aromatic rings. The highest BCUT2D eigenvalue weighted by Crippen LogP contribution is 2.33. The van der Waals surface area contributed by atoms with Gasteiger partial charge in [0.05, 0.1) is 6.54 Å². The molecule has 0 bridgehead atoms. The number of carbonyl (C=O) groups is 2. The largest absolute Gasteiger partial charge is 0.339 e. The second-order valence-electron chi connectivity index (χ2n) is 7.62. The molecule has 1 aliphatic rings. The Morgan fingerprint density at radius 2 is 1.72 bits per heavy atom. The summed E-state index contributed by atoms with van der Waals surface area (Å²) in [6, 6.07) is 16.0. The van der Waals surface area contributed by atoms with Crippen LogP contribution in [0.3, 0.4) is 0 Å². The van der Waals surface area contributed by atoms with Gasteiger partial charge in [0.25, 0.3) is 5.91 Å². The number of aryl methyl sites for hydroxylation is 1. The van der Waals surface area contributed by atoms with Crippen LogP contribution in [0.4, 0.5) is 5.69 Å². The summed E-state index contributed by atoms with van der Waals surface area (Å²) in [4.78, 5) is 28.9. The van der Waals surface area contributed by atoms with Crippen molar-refractivity contribution in [3.05, 3.63) is 65.2 Å². The van der Waals surface area contributed by atoms with Gasteiger partial charge in [-0.05, 0) is 75.5 Å². The molecule has 0 fully saturated rings. The van der Waals surface area contributed by atoms with E-state index in [4.69, 9.17) is 0 Å². The van der Waals surface area contributed by atoms with Crippen molar-refractivity contribution in [2.45, 2.75) is 39.2 Å². The quantitative estimate of drug-likeness (QED) is 0.770. The van der Waals surface area contributed by atoms with E-state index >= 15 is 0 Å². The van der Waals surface area contributed by atoms with Crippen molar-refractivity contribution in [3.63, 3.8) is 0 Å². The van der Waals surface area contributed by atoms with Crippen LogP contribution in [0.25, 0.3) is 0 Å². The number of rotatable bonds is 7. The summed E-state index contributed by atoms with van der Waals surface area (Å²) in [7, 11) is 2.01. The van der Waals surface area contributed by atoms with E-state index in [1.807, 2.05) is 20.9 Å². The van der Waals surface area contributed by atoms with E-state index < -0.39 is 0 Å². The number of likely N-dealkylation sites (N-methyl/N-ethyl adjacent to an activating group) is 1. The van der Waals surface area contributed by atoms with Gasteiger partial charge in [0.1, 0.15) is 0 Å². The molecular weight excluding hydrogens is 362 g/mol. The van der Waals surface area contributed by atoms with Crippen LogP contribution >= 0.6 is 0 Å². The van der Waals surface area contributed by atoms with E-state index in [9.17, 15) is 9.59 Å². The fourth-order valence-electron chi connectivity index (χ4n) is 4.11. The van der Waals surface area contributed by atoms with Gasteiger partial charge in [-0.2, -0.15) is 0 Å². The van der Waals surface area contributed by atoms with E-state index in [0.29, 0.717) is 30.9 Å². The third kappa shape index (κ3) is 5.04. The maximum atomic E-state index is 12.6. The van der Waals surface area contributed by atoms with Crippen LogP contribution < -0.4 is 5.32 Å². The predicted octanol–water partition coefficient (Wildman–Crippen LogP) is 4.12. The second kappa shape index (κ2) is 9.70. The molecule has 29 heavy (non-hydrogen) atoms. The first kappa shape index (κ1) is 21.1. The van der Waals surface area contributed by atoms with Crippen molar-refractivity contribution < 1.29 is 9.59 Å². The lowest BCUT2D eigenvalue weighted by Gasteiger charge is -2.32. The number of anilines is 1. The monoisotopic (exact) mass is 393 g/mol. The first-order chi connectivity index (χ1) is 14.0. The highest BCUT2D eigenvalue weighted by atomic mass is 16.2. The Bertz CT molecular complexity index is 843. The van der Waals surface area contributed by atoms with Gasteiger partial charge < -0.3 is 10.2 Å². The van der Waals surface area contributed by atoms with Gasteiger partial charge >= 0.3 is 0 Å². The molecule has 3 rings (SSSR count). The molecule has 1 aliphatic carbocycles. The molecule has 5 heteroatoms. The summed E-state index contributed by atoms with van der Waals surface area (Å²) in [6.07, 6.45) is 3.34. The number of carbonyl (C=O) groups excluding carboxylic acids is 2. The standard InChI is InChI=1S/C24H31N3O2/c1-4-27(5-2)24(29)19-13-15-20(16-14-19)25-23(28)17-26(3)22-12-8-10-18-9-6-7-11-21(18)22/h6-7,9,11,13-16,22H,4-5,8,10,12,17H2,1-3H3,(H,25,28)/t22-/m0/s1. The first-order valence-electron chi connectivity index (χ1n) is 10.5. The molecule has 1 atom stereocenters. The summed E-state index contributed by atoms with van der Waals surface area (Å²) in [5.74, 6) is -0.0260. The van der Waals surface area contributed by atoms with E-state index in [-0.39, 0.29) is 17.9 Å². The number of nitrogens with zero attached hydrogens (tertiary/aromatic N) is 2. The maximum absolute atomic E-state index is 12.6. The third-order valence-electron chi connectivity index (χ3n) is 5.73. The molecule has 0 aromatic heterocycles. The zero-order valence-corrected chi connectivity index (χ0v) is 17.6. The minimum atomic E-state index is -0.0432. The van der Waals surface area contributed by atoms with Crippen molar-refractivity contribution in [2.75, 3.05) is 32.0 Å². The average Bonchev–Trinajstić information content (AvgIpc) is 2.74. The molecule has 154 valence electrons. The molecule has 2 amide bonds. The molecule has 0 aliphatic heterocycles. The molecular formula is C24H31N3O2. The Morgan fingerprint density at radius 1 is 1.03 bits per heavy atom. The third-order valence-corrected chi connectivity index (χ3v) is 5.73. The van der Waals surface area contributed by atoms with Gasteiger partial charge in [0, 0.05) is 30.4 Å². The topological polar surface area (TPSA) is 52.7 Å². The van der Waals surface area contributed by atoms with Crippen LogP contribution in [-0.4, -0.2) is 48.3 Å². The SMILES string of the molecule is CCN(CC)C(=O)c1ccc(NC(=O)CN(C)[C@H]2CCCc3ccccc32)cc1. The van der Waals surface area contributed by atoms with Crippen LogP contribution in [0.15, 0.2) is 48.5 Å². The molecule has 0 heterocycles. The average molecular weight is 394 g/mol. The van der Waals surface area contributed by atoms with Gasteiger partial charge in [-0.25, -0.2) is 0 Å². The molecule has 1 N–H and O–H groups in total. The van der Waals surface area contributed by atoms with Crippen LogP contribution in [0.2, 0.25) is 0 Å². The molecule has 0 saturated heterocycles. The fourth-order valence-corrected chi connectivity index (χ4v) is 4.11. The van der Waals surface area contributed by atoms with Gasteiger partial charge in [-0.1, -0.05) is 24.3 Å². The van der Waals surface area contributed by atoms with Gasteiger partial charge in [-0.3, -0.25) is 14.5 Å². The molecule has 2 aromatic carbocycles. The summed E-state index contributed by atoms with van der Waals surface area (Å²) >= 11 is 0. The van der Waals surface area contributed by atoms with Crippen LogP contribution in [0.1, 0.15) is 54.2 Å². The number of hydrogen-bond acceptors (Lipinski definition) is 3. The molecule has 0 saturated carbocycles. The van der Waals surface area contributed by atoms with E-state index in [1.165, 1.54) is 11.1 Å². The van der Waals surface area contributed by atoms with E-state index in [1.54, 1.807) is 29.2 Å². The molecule has 5 nitrogen and oxygen atoms in total. The predicted molar refractivity (Wildman–Crippen MR) is 117 cm³/mol. The summed E-state index contributed by atoms with van der Waals surface area (Å²) < 4.78 is 0.